The molecule has 316 valence electrons. The van der Waals surface area contributed by atoms with Gasteiger partial charge in [0, 0.05) is 62.4 Å². The van der Waals surface area contributed by atoms with Gasteiger partial charge in [0.15, 0.2) is 17.2 Å². The summed E-state index contributed by atoms with van der Waals surface area (Å²) in [5, 5.41) is 10.8. The molecule has 4 aromatic rings. The summed E-state index contributed by atoms with van der Waals surface area (Å²) in [6.45, 7) is 2.00. The lowest BCUT2D eigenvalue weighted by Crippen LogP contribution is -2.39. The Morgan fingerprint density at radius 2 is 1.58 bits per heavy atom. The van der Waals surface area contributed by atoms with Crippen LogP contribution in [0.4, 0.5) is 15.3 Å². The van der Waals surface area contributed by atoms with Gasteiger partial charge in [0.1, 0.15) is 17.5 Å². The average Bonchev–Trinajstić information content (AvgIpc) is 3.96. The van der Waals surface area contributed by atoms with E-state index in [4.69, 9.17) is 40.0 Å². The molecule has 3 amide bonds. The first-order valence-electron chi connectivity index (χ1n) is 18.9. The summed E-state index contributed by atoms with van der Waals surface area (Å²) in [6.07, 6.45) is 3.34. The molecule has 1 aliphatic heterocycles. The van der Waals surface area contributed by atoms with Gasteiger partial charge >= 0.3 is 24.1 Å². The first-order valence-corrected chi connectivity index (χ1v) is 19.4. The number of amides is 3. The fourth-order valence-corrected chi connectivity index (χ4v) is 7.73. The normalized spacial score (nSPS) is 19.3. The number of rotatable bonds is 12. The van der Waals surface area contributed by atoms with Crippen LogP contribution in [-0.2, 0) is 14.3 Å². The van der Waals surface area contributed by atoms with Gasteiger partial charge in [0.05, 0.1) is 50.6 Å². The largest absolute Gasteiger partial charge is 0.493 e. The molecule has 0 radical (unpaired) electrons. The number of aromatic amines is 2. The number of esters is 1. The van der Waals surface area contributed by atoms with Crippen molar-refractivity contribution in [3.8, 4) is 23.0 Å². The number of anilines is 1. The number of nitrogens with one attached hydrogen (secondary N) is 2. The maximum atomic E-state index is 14.4. The predicted octanol–water partition coefficient (Wildman–Crippen LogP) is 6.53. The summed E-state index contributed by atoms with van der Waals surface area (Å²) < 4.78 is 33.2. The number of aromatic nitrogens is 2. The van der Waals surface area contributed by atoms with Gasteiger partial charge in [-0.15, -0.1) is 11.6 Å². The van der Waals surface area contributed by atoms with Gasteiger partial charge in [0.2, 0.25) is 5.75 Å². The average molecular weight is 838 g/mol. The quantitative estimate of drug-likeness (QED) is 0.0792. The fourth-order valence-electron chi connectivity index (χ4n) is 7.48. The molecule has 3 N–H and O–H groups in total. The molecular weight excluding hydrogens is 790 g/mol. The highest BCUT2D eigenvalue weighted by Gasteiger charge is 2.38. The SMILES string of the molecule is COC(=O)c1cc2c3c(cc(OC(=O)N(C)CCN(C)C(=O)O[C@H]4/C=C/CC[C@@](C)(C(=O)O)CC4)c2[nH]1)N(C(=O)c1cc2cc(OC)c(OC)c(OC)c2[nH]1)C[C@H]3CCl. The minimum absolute atomic E-state index is 0.0313. The van der Waals surface area contributed by atoms with Gasteiger partial charge < -0.3 is 58.2 Å². The highest BCUT2D eigenvalue weighted by atomic mass is 35.5. The van der Waals surface area contributed by atoms with Crippen LogP contribution in [0.1, 0.15) is 65.1 Å². The Hall–Kier alpha value is -6.10. The number of allylic oxidation sites excluding steroid dienone is 1. The number of hydrogen-bond acceptors (Lipinski definition) is 11. The Balaban J connectivity index is 1.24. The number of aliphatic carboxylic acids is 1. The monoisotopic (exact) mass is 837 g/mol. The molecule has 0 bridgehead atoms. The van der Waals surface area contributed by atoms with E-state index < -0.39 is 41.6 Å². The summed E-state index contributed by atoms with van der Waals surface area (Å²) in [4.78, 5) is 75.9. The molecule has 1 aliphatic carbocycles. The van der Waals surface area contributed by atoms with E-state index in [1.165, 1.54) is 57.2 Å². The van der Waals surface area contributed by atoms with Crippen LogP contribution >= 0.6 is 11.6 Å². The molecule has 18 heteroatoms. The Morgan fingerprint density at radius 3 is 2.22 bits per heavy atom. The Labute approximate surface area is 345 Å². The molecule has 3 atom stereocenters. The molecule has 6 rings (SSSR count). The second kappa shape index (κ2) is 17.4. The van der Waals surface area contributed by atoms with Crippen molar-refractivity contribution in [3.05, 3.63) is 53.4 Å². The number of alkyl halides is 1. The fraction of sp³-hybridized carbons (Fsp3) is 0.439. The maximum absolute atomic E-state index is 14.4. The number of carbonyl (C=O) groups is 5. The molecule has 0 saturated carbocycles. The molecule has 0 unspecified atom stereocenters. The first kappa shape index (κ1) is 42.5. The number of ether oxygens (including phenoxy) is 6. The summed E-state index contributed by atoms with van der Waals surface area (Å²) in [5.41, 5.74) is 1.34. The smallest absolute Gasteiger partial charge is 0.415 e. The third-order valence-electron chi connectivity index (χ3n) is 11.0. The number of carbonyl (C=O) groups excluding carboxylic acids is 4. The maximum Gasteiger partial charge on any atom is 0.415 e. The third kappa shape index (κ3) is 8.28. The van der Waals surface area contributed by atoms with Gasteiger partial charge in [-0.1, -0.05) is 6.08 Å². The van der Waals surface area contributed by atoms with Gasteiger partial charge in [-0.05, 0) is 62.4 Å². The third-order valence-corrected chi connectivity index (χ3v) is 11.4. The Kier molecular flexibility index (Phi) is 12.5. The molecule has 0 spiro atoms. The summed E-state index contributed by atoms with van der Waals surface area (Å²) >= 11 is 6.51. The second-order valence-corrected chi connectivity index (χ2v) is 15.1. The van der Waals surface area contributed by atoms with Crippen molar-refractivity contribution in [2.45, 2.75) is 44.6 Å². The van der Waals surface area contributed by atoms with Gasteiger partial charge in [-0.2, -0.15) is 0 Å². The van der Waals surface area contributed by atoms with Gasteiger partial charge in [-0.25, -0.2) is 14.4 Å². The molecule has 0 fully saturated rings. The number of benzene rings is 2. The van der Waals surface area contributed by atoms with Crippen LogP contribution in [-0.4, -0.2) is 129 Å². The van der Waals surface area contributed by atoms with E-state index in [2.05, 4.69) is 9.97 Å². The second-order valence-electron chi connectivity index (χ2n) is 14.8. The van der Waals surface area contributed by atoms with E-state index in [0.29, 0.717) is 76.0 Å². The number of nitrogens with zero attached hydrogens (tertiary/aromatic N) is 3. The number of hydrogen-bond donors (Lipinski definition) is 3. The van der Waals surface area contributed by atoms with Crippen LogP contribution in [0.25, 0.3) is 21.8 Å². The minimum atomic E-state index is -0.911. The molecule has 2 aliphatic rings. The van der Waals surface area contributed by atoms with Crippen molar-refractivity contribution < 1.29 is 57.5 Å². The van der Waals surface area contributed by atoms with Crippen LogP contribution in [0.5, 0.6) is 23.0 Å². The number of methoxy groups -OCH3 is 4. The van der Waals surface area contributed by atoms with Crippen molar-refractivity contribution >= 4 is 69.1 Å². The number of likely N-dealkylation sites (N-methyl/N-ethyl adjacent to an activating group) is 2. The van der Waals surface area contributed by atoms with Crippen molar-refractivity contribution in [1.82, 2.24) is 19.8 Å². The van der Waals surface area contributed by atoms with E-state index in [-0.39, 0.29) is 48.6 Å². The molecule has 0 saturated heterocycles. The van der Waals surface area contributed by atoms with Crippen LogP contribution in [0.15, 0.2) is 36.4 Å². The Bertz CT molecular complexity index is 2320. The minimum Gasteiger partial charge on any atom is -0.493 e. The zero-order valence-corrected chi connectivity index (χ0v) is 34.7. The van der Waals surface area contributed by atoms with E-state index in [1.807, 2.05) is 6.08 Å². The zero-order valence-electron chi connectivity index (χ0n) is 33.9. The molecule has 3 heterocycles. The molecule has 2 aromatic heterocycles. The van der Waals surface area contributed by atoms with Crippen LogP contribution in [0, 0.1) is 5.41 Å². The van der Waals surface area contributed by atoms with Crippen molar-refractivity contribution in [2.75, 3.05) is 72.9 Å². The number of halogens is 1. The number of carboxylic acid groups (broad SMARTS) is 1. The van der Waals surface area contributed by atoms with Gasteiger partial charge in [0.25, 0.3) is 5.91 Å². The molecule has 17 nitrogen and oxygen atoms in total. The van der Waals surface area contributed by atoms with Gasteiger partial charge in [-0.3, -0.25) is 9.59 Å². The molecule has 2 aromatic carbocycles. The molecule has 59 heavy (non-hydrogen) atoms. The van der Waals surface area contributed by atoms with Crippen molar-refractivity contribution in [2.24, 2.45) is 5.41 Å². The topological polar surface area (TPSA) is 202 Å². The summed E-state index contributed by atoms with van der Waals surface area (Å²) in [6, 6.07) is 6.54. The van der Waals surface area contributed by atoms with Crippen LogP contribution < -0.4 is 23.8 Å². The predicted molar refractivity (Wildman–Crippen MR) is 218 cm³/mol. The lowest BCUT2D eigenvalue weighted by atomic mass is 9.79. The number of fused-ring (bicyclic) bond motifs is 4. The lowest BCUT2D eigenvalue weighted by molar-refractivity contribution is -0.149. The lowest BCUT2D eigenvalue weighted by Gasteiger charge is -2.29. The van der Waals surface area contributed by atoms with Crippen LogP contribution in [0.2, 0.25) is 0 Å². The van der Waals surface area contributed by atoms with E-state index in [9.17, 15) is 29.1 Å². The molecular formula is C41H48ClN5O12. The van der Waals surface area contributed by atoms with Crippen molar-refractivity contribution in [1.29, 1.82) is 0 Å². The number of H-pyrrole nitrogens is 2. The number of carboxylic acids is 1. The van der Waals surface area contributed by atoms with Crippen molar-refractivity contribution in [3.63, 3.8) is 0 Å². The standard InChI is InChI=1S/C41H48ClN5O12/c1-41(38(50)51)12-9-8-10-24(11-13-41)58-39(52)45(2)14-15-46(3)40(53)59-29-19-28-31(25-18-27(37(49)57-7)44-33(25)29)23(20-42)21-47(28)36(48)26-16-22-17-30(54-4)34(55-5)35(56-6)32(22)43-26/h8,10,16-19,23-24,43-44H,9,11-15,20-21H2,1-7H3,(H,50,51)/b10-8+/t23-,24+,41-/m1/s1. The highest BCUT2D eigenvalue weighted by molar-refractivity contribution is 6.19. The summed E-state index contributed by atoms with van der Waals surface area (Å²) in [7, 11) is 8.74. The first-order chi connectivity index (χ1) is 28.2. The van der Waals surface area contributed by atoms with Crippen LogP contribution in [0.3, 0.4) is 0 Å². The highest BCUT2D eigenvalue weighted by Crippen LogP contribution is 2.47. The summed E-state index contributed by atoms with van der Waals surface area (Å²) in [5.74, 6) is -1.02. The Morgan fingerprint density at radius 1 is 0.881 bits per heavy atom. The van der Waals surface area contributed by atoms with E-state index in [0.717, 1.165) is 0 Å². The van der Waals surface area contributed by atoms with E-state index in [1.54, 1.807) is 37.3 Å². The van der Waals surface area contributed by atoms with E-state index >= 15 is 0 Å². The zero-order chi connectivity index (χ0) is 42.8.